The Morgan fingerprint density at radius 2 is 2.08 bits per heavy atom. The zero-order valence-electron chi connectivity index (χ0n) is 14.0. The molecule has 0 spiro atoms. The van der Waals surface area contributed by atoms with Gasteiger partial charge in [-0.1, -0.05) is 16.8 Å². The van der Waals surface area contributed by atoms with Gasteiger partial charge in [-0.2, -0.15) is 0 Å². The summed E-state index contributed by atoms with van der Waals surface area (Å²) in [6.07, 6.45) is 4.43. The lowest BCUT2D eigenvalue weighted by Crippen LogP contribution is -2.15. The van der Waals surface area contributed by atoms with Crippen LogP contribution in [0.25, 0.3) is 0 Å². The summed E-state index contributed by atoms with van der Waals surface area (Å²) in [5.41, 5.74) is 3.86. The Morgan fingerprint density at radius 1 is 1.28 bits per heavy atom. The van der Waals surface area contributed by atoms with Gasteiger partial charge in [0.25, 0.3) is 0 Å². The van der Waals surface area contributed by atoms with Crippen LogP contribution in [0.4, 0.5) is 0 Å². The minimum Gasteiger partial charge on any atom is -0.508 e. The Morgan fingerprint density at radius 3 is 2.84 bits per heavy atom. The van der Waals surface area contributed by atoms with E-state index >= 15 is 0 Å². The van der Waals surface area contributed by atoms with Crippen molar-refractivity contribution in [3.8, 4) is 5.75 Å². The number of oxime groups is 1. The SMILES string of the molecule is CSc1ccc(Cl)c(C(=O)O/N=C2\CCCc3c2ccc(O)c3C)c1. The average molecular weight is 376 g/mol. The first-order valence-corrected chi connectivity index (χ1v) is 9.55. The quantitative estimate of drug-likeness (QED) is 0.467. The molecule has 1 aliphatic carbocycles. The van der Waals surface area contributed by atoms with Crippen molar-refractivity contribution in [3.05, 3.63) is 57.6 Å². The van der Waals surface area contributed by atoms with Gasteiger partial charge in [-0.05, 0) is 73.9 Å². The number of benzene rings is 2. The number of carbonyl (C=O) groups is 1. The molecule has 0 atom stereocenters. The number of thioether (sulfide) groups is 1. The van der Waals surface area contributed by atoms with Gasteiger partial charge in [0.1, 0.15) is 5.75 Å². The molecule has 0 radical (unpaired) electrons. The number of phenols is 1. The molecule has 130 valence electrons. The molecule has 1 aliphatic rings. The fourth-order valence-electron chi connectivity index (χ4n) is 2.93. The Hall–Kier alpha value is -1.98. The molecule has 0 fully saturated rings. The summed E-state index contributed by atoms with van der Waals surface area (Å²) in [6, 6.07) is 8.70. The first-order valence-electron chi connectivity index (χ1n) is 7.95. The van der Waals surface area contributed by atoms with Crippen molar-refractivity contribution in [2.75, 3.05) is 6.26 Å². The highest BCUT2D eigenvalue weighted by Crippen LogP contribution is 2.30. The van der Waals surface area contributed by atoms with Crippen molar-refractivity contribution in [2.45, 2.75) is 31.1 Å². The average Bonchev–Trinajstić information content (AvgIpc) is 2.63. The number of hydrogen-bond acceptors (Lipinski definition) is 5. The summed E-state index contributed by atoms with van der Waals surface area (Å²) < 4.78 is 0. The number of halogens is 1. The summed E-state index contributed by atoms with van der Waals surface area (Å²) in [6.45, 7) is 1.89. The third-order valence-electron chi connectivity index (χ3n) is 4.35. The van der Waals surface area contributed by atoms with Crippen LogP contribution in [0.1, 0.15) is 39.9 Å². The van der Waals surface area contributed by atoms with E-state index in [1.165, 1.54) is 11.8 Å². The van der Waals surface area contributed by atoms with E-state index in [0.717, 1.165) is 46.6 Å². The Bertz CT molecular complexity index is 864. The topological polar surface area (TPSA) is 58.9 Å². The number of rotatable bonds is 3. The second-order valence-corrected chi connectivity index (χ2v) is 7.14. The number of carbonyl (C=O) groups excluding carboxylic acids is 1. The highest BCUT2D eigenvalue weighted by molar-refractivity contribution is 7.98. The number of hydrogen-bond donors (Lipinski definition) is 1. The molecule has 1 N–H and O–H groups in total. The van der Waals surface area contributed by atoms with E-state index in [4.69, 9.17) is 16.4 Å². The van der Waals surface area contributed by atoms with Gasteiger partial charge in [0.15, 0.2) is 0 Å². The van der Waals surface area contributed by atoms with Crippen LogP contribution in [0.2, 0.25) is 5.02 Å². The molecule has 0 aliphatic heterocycles. The van der Waals surface area contributed by atoms with E-state index in [1.807, 2.05) is 25.3 Å². The summed E-state index contributed by atoms with van der Waals surface area (Å²) in [7, 11) is 0. The van der Waals surface area contributed by atoms with Crippen molar-refractivity contribution in [1.82, 2.24) is 0 Å². The van der Waals surface area contributed by atoms with Gasteiger partial charge < -0.3 is 9.94 Å². The lowest BCUT2D eigenvalue weighted by molar-refractivity contribution is 0.0515. The second-order valence-electron chi connectivity index (χ2n) is 5.85. The molecular formula is C19H18ClNO3S. The van der Waals surface area contributed by atoms with E-state index in [9.17, 15) is 9.90 Å². The van der Waals surface area contributed by atoms with E-state index in [-0.39, 0.29) is 5.75 Å². The van der Waals surface area contributed by atoms with Gasteiger partial charge in [0.2, 0.25) is 0 Å². The molecule has 0 saturated heterocycles. The van der Waals surface area contributed by atoms with Gasteiger partial charge in [-0.25, -0.2) is 4.79 Å². The zero-order chi connectivity index (χ0) is 18.0. The maximum absolute atomic E-state index is 12.3. The first kappa shape index (κ1) is 17.8. The number of aromatic hydroxyl groups is 1. The molecule has 6 heteroatoms. The minimum absolute atomic E-state index is 0.276. The van der Waals surface area contributed by atoms with Crippen LogP contribution in [0.5, 0.6) is 5.75 Å². The van der Waals surface area contributed by atoms with Crippen LogP contribution in [0.15, 0.2) is 40.4 Å². The lowest BCUT2D eigenvalue weighted by Gasteiger charge is -2.20. The molecule has 25 heavy (non-hydrogen) atoms. The van der Waals surface area contributed by atoms with Crippen molar-refractivity contribution in [2.24, 2.45) is 5.16 Å². The van der Waals surface area contributed by atoms with Crippen molar-refractivity contribution < 1.29 is 14.7 Å². The van der Waals surface area contributed by atoms with Crippen LogP contribution < -0.4 is 0 Å². The first-order chi connectivity index (χ1) is 12.0. The third-order valence-corrected chi connectivity index (χ3v) is 5.41. The predicted octanol–water partition coefficient (Wildman–Crippen LogP) is 4.97. The highest BCUT2D eigenvalue weighted by Gasteiger charge is 2.20. The Labute approximate surface area is 155 Å². The van der Waals surface area contributed by atoms with E-state index < -0.39 is 5.97 Å². The number of fused-ring (bicyclic) bond motifs is 1. The van der Waals surface area contributed by atoms with Crippen LogP contribution in [-0.2, 0) is 11.3 Å². The van der Waals surface area contributed by atoms with E-state index in [2.05, 4.69) is 5.16 Å². The molecule has 0 saturated carbocycles. The fourth-order valence-corrected chi connectivity index (χ4v) is 3.57. The van der Waals surface area contributed by atoms with E-state index in [1.54, 1.807) is 18.2 Å². The molecular weight excluding hydrogens is 358 g/mol. The van der Waals surface area contributed by atoms with Crippen molar-refractivity contribution in [3.63, 3.8) is 0 Å². The molecule has 2 aromatic carbocycles. The smallest absolute Gasteiger partial charge is 0.367 e. The van der Waals surface area contributed by atoms with Gasteiger partial charge >= 0.3 is 5.97 Å². The summed E-state index contributed by atoms with van der Waals surface area (Å²) in [5, 5.41) is 14.3. The summed E-state index contributed by atoms with van der Waals surface area (Å²) in [5.74, 6) is -0.298. The van der Waals surface area contributed by atoms with Crippen LogP contribution in [-0.4, -0.2) is 23.0 Å². The lowest BCUT2D eigenvalue weighted by atomic mass is 9.87. The maximum atomic E-state index is 12.3. The maximum Gasteiger partial charge on any atom is 0.367 e. The van der Waals surface area contributed by atoms with Crippen molar-refractivity contribution in [1.29, 1.82) is 0 Å². The Balaban J connectivity index is 1.87. The molecule has 0 unspecified atom stereocenters. The Kier molecular flexibility index (Phi) is 5.35. The molecule has 4 nitrogen and oxygen atoms in total. The molecule has 0 aromatic heterocycles. The molecule has 0 amide bonds. The molecule has 0 heterocycles. The van der Waals surface area contributed by atoms with Gasteiger partial charge in [-0.3, -0.25) is 0 Å². The zero-order valence-corrected chi connectivity index (χ0v) is 15.6. The fraction of sp³-hybridized carbons (Fsp3) is 0.263. The van der Waals surface area contributed by atoms with Crippen LogP contribution in [0, 0.1) is 6.92 Å². The molecule has 2 aromatic rings. The number of nitrogens with zero attached hydrogens (tertiary/aromatic N) is 1. The molecule has 0 bridgehead atoms. The van der Waals surface area contributed by atoms with Crippen LogP contribution in [0.3, 0.4) is 0 Å². The van der Waals surface area contributed by atoms with Crippen LogP contribution >= 0.6 is 23.4 Å². The van der Waals surface area contributed by atoms with Crippen molar-refractivity contribution >= 4 is 35.0 Å². The third kappa shape index (κ3) is 3.67. The highest BCUT2D eigenvalue weighted by atomic mass is 35.5. The molecule has 3 rings (SSSR count). The monoisotopic (exact) mass is 375 g/mol. The predicted molar refractivity (Wildman–Crippen MR) is 101 cm³/mol. The number of phenolic OH excluding ortho intramolecular Hbond substituents is 1. The normalized spacial score (nSPS) is 15.1. The standard InChI is InChI=1S/C19H18ClNO3S/c1-11-13-4-3-5-17(14(13)7-9-18(11)22)21-24-19(23)15-10-12(25-2)6-8-16(15)20/h6-10,22H,3-5H2,1-2H3/b21-17+. The largest absolute Gasteiger partial charge is 0.508 e. The second kappa shape index (κ2) is 7.50. The van der Waals surface area contributed by atoms with Gasteiger partial charge in [0.05, 0.1) is 16.3 Å². The van der Waals surface area contributed by atoms with Gasteiger partial charge in [0, 0.05) is 10.5 Å². The summed E-state index contributed by atoms with van der Waals surface area (Å²) in [4.78, 5) is 18.4. The van der Waals surface area contributed by atoms with E-state index in [0.29, 0.717) is 10.6 Å². The summed E-state index contributed by atoms with van der Waals surface area (Å²) >= 11 is 7.63. The minimum atomic E-state index is -0.573. The van der Waals surface area contributed by atoms with Gasteiger partial charge in [-0.15, -0.1) is 11.8 Å².